The van der Waals surface area contributed by atoms with Crippen molar-refractivity contribution < 1.29 is 0 Å². The maximum Gasteiger partial charge on any atom is 0.0480 e. The third kappa shape index (κ3) is 1.33. The summed E-state index contributed by atoms with van der Waals surface area (Å²) in [5, 5.41) is 1.28. The zero-order chi connectivity index (χ0) is 9.26. The van der Waals surface area contributed by atoms with E-state index in [4.69, 9.17) is 5.73 Å². The summed E-state index contributed by atoms with van der Waals surface area (Å²) in [6, 6.07) is 8.52. The van der Waals surface area contributed by atoms with Crippen LogP contribution >= 0.6 is 0 Å². The highest BCUT2D eigenvalue weighted by atomic mass is 14.9. The number of aryl methyl sites for hydroxylation is 1. The predicted octanol–water partition coefficient (Wildman–Crippen LogP) is 2.12. The molecule has 13 heavy (non-hydrogen) atoms. The molecule has 0 saturated heterocycles. The van der Waals surface area contributed by atoms with E-state index in [1.165, 1.54) is 16.5 Å². The molecule has 1 aromatic heterocycles. The average Bonchev–Trinajstić information content (AvgIpc) is 2.59. The Hall–Kier alpha value is -1.28. The van der Waals surface area contributed by atoms with Crippen LogP contribution in [-0.4, -0.2) is 4.57 Å². The number of rotatable bonds is 2. The van der Waals surface area contributed by atoms with E-state index >= 15 is 0 Å². The molecule has 68 valence electrons. The molecule has 1 heterocycles. The highest BCUT2D eigenvalue weighted by Crippen LogP contribution is 2.17. The first-order valence-electron chi connectivity index (χ1n) is 4.63. The van der Waals surface area contributed by atoms with Gasteiger partial charge in [-0.3, -0.25) is 0 Å². The summed E-state index contributed by atoms with van der Waals surface area (Å²) < 4.78 is 2.23. The zero-order valence-electron chi connectivity index (χ0n) is 7.83. The number of nitrogens with zero attached hydrogens (tertiary/aromatic N) is 1. The Balaban J connectivity index is 2.61. The van der Waals surface area contributed by atoms with E-state index in [9.17, 15) is 0 Å². The van der Waals surface area contributed by atoms with Gasteiger partial charge in [-0.05, 0) is 36.1 Å². The summed E-state index contributed by atoms with van der Waals surface area (Å²) in [5.41, 5.74) is 8.06. The van der Waals surface area contributed by atoms with Crippen molar-refractivity contribution in [2.75, 3.05) is 0 Å². The molecule has 2 aromatic rings. The molecule has 0 radical (unpaired) electrons. The summed E-state index contributed by atoms with van der Waals surface area (Å²) in [6.07, 6.45) is 2.12. The molecule has 0 aliphatic heterocycles. The number of hydrogen-bond acceptors (Lipinski definition) is 1. The van der Waals surface area contributed by atoms with Gasteiger partial charge in [0.2, 0.25) is 0 Å². The number of nitrogens with two attached hydrogens (primary N) is 1. The molecule has 0 bridgehead atoms. The third-order valence-corrected chi connectivity index (χ3v) is 2.41. The smallest absolute Gasteiger partial charge is 0.0480 e. The summed E-state index contributed by atoms with van der Waals surface area (Å²) >= 11 is 0. The minimum Gasteiger partial charge on any atom is -0.348 e. The van der Waals surface area contributed by atoms with Gasteiger partial charge in [0, 0.05) is 24.8 Å². The predicted molar refractivity (Wildman–Crippen MR) is 55.5 cm³/mol. The van der Waals surface area contributed by atoms with Gasteiger partial charge < -0.3 is 10.3 Å². The van der Waals surface area contributed by atoms with Gasteiger partial charge in [0.25, 0.3) is 0 Å². The molecule has 0 atom stereocenters. The normalized spacial score (nSPS) is 10.9. The van der Waals surface area contributed by atoms with Gasteiger partial charge in [-0.2, -0.15) is 0 Å². The fourth-order valence-corrected chi connectivity index (χ4v) is 1.65. The van der Waals surface area contributed by atoms with E-state index in [0.717, 1.165) is 6.54 Å². The molecule has 0 amide bonds. The average molecular weight is 174 g/mol. The van der Waals surface area contributed by atoms with Crippen LogP contribution in [0.2, 0.25) is 0 Å². The van der Waals surface area contributed by atoms with Crippen molar-refractivity contribution in [3.63, 3.8) is 0 Å². The van der Waals surface area contributed by atoms with Crippen molar-refractivity contribution in [1.82, 2.24) is 4.57 Å². The second kappa shape index (κ2) is 3.23. The zero-order valence-corrected chi connectivity index (χ0v) is 7.83. The summed E-state index contributed by atoms with van der Waals surface area (Å²) in [5.74, 6) is 0. The summed E-state index contributed by atoms with van der Waals surface area (Å²) in [6.45, 7) is 3.79. The van der Waals surface area contributed by atoms with Crippen molar-refractivity contribution in [3.05, 3.63) is 36.0 Å². The van der Waals surface area contributed by atoms with Crippen molar-refractivity contribution in [2.24, 2.45) is 5.73 Å². The van der Waals surface area contributed by atoms with Crippen LogP contribution < -0.4 is 5.73 Å². The molecule has 0 unspecified atom stereocenters. The molecule has 2 rings (SSSR count). The Morgan fingerprint density at radius 1 is 1.31 bits per heavy atom. The fourth-order valence-electron chi connectivity index (χ4n) is 1.65. The number of fused-ring (bicyclic) bond motifs is 1. The van der Waals surface area contributed by atoms with Crippen molar-refractivity contribution in [1.29, 1.82) is 0 Å². The maximum atomic E-state index is 5.57. The Labute approximate surface area is 78.0 Å². The lowest BCUT2D eigenvalue weighted by atomic mass is 10.1. The van der Waals surface area contributed by atoms with Gasteiger partial charge in [-0.25, -0.2) is 0 Å². The van der Waals surface area contributed by atoms with Gasteiger partial charge in [-0.1, -0.05) is 6.07 Å². The van der Waals surface area contributed by atoms with Crippen LogP contribution in [-0.2, 0) is 13.1 Å². The lowest BCUT2D eigenvalue weighted by Crippen LogP contribution is -1.96. The molecule has 0 fully saturated rings. The first kappa shape index (κ1) is 8.32. The van der Waals surface area contributed by atoms with Crippen LogP contribution in [0.1, 0.15) is 12.5 Å². The third-order valence-electron chi connectivity index (χ3n) is 2.41. The minimum absolute atomic E-state index is 0.618. The van der Waals surface area contributed by atoms with E-state index in [0.29, 0.717) is 6.54 Å². The minimum atomic E-state index is 0.618. The number of hydrogen-bond donors (Lipinski definition) is 1. The first-order valence-corrected chi connectivity index (χ1v) is 4.63. The standard InChI is InChI=1S/C11H14N2/c1-2-13-6-5-10-7-9(8-12)3-4-11(10)13/h3-7H,2,8,12H2,1H3. The van der Waals surface area contributed by atoms with Crippen LogP contribution in [0.4, 0.5) is 0 Å². The lowest BCUT2D eigenvalue weighted by molar-refractivity contribution is 0.797. The van der Waals surface area contributed by atoms with Gasteiger partial charge in [0.1, 0.15) is 0 Å². The second-order valence-corrected chi connectivity index (χ2v) is 3.20. The van der Waals surface area contributed by atoms with E-state index in [1.54, 1.807) is 0 Å². The lowest BCUT2D eigenvalue weighted by Gasteiger charge is -2.01. The van der Waals surface area contributed by atoms with Gasteiger partial charge in [-0.15, -0.1) is 0 Å². The highest BCUT2D eigenvalue weighted by molar-refractivity contribution is 5.80. The van der Waals surface area contributed by atoms with E-state index in [2.05, 4.69) is 42.0 Å². The van der Waals surface area contributed by atoms with E-state index < -0.39 is 0 Å². The van der Waals surface area contributed by atoms with Crippen molar-refractivity contribution in [3.8, 4) is 0 Å². The Morgan fingerprint density at radius 2 is 2.15 bits per heavy atom. The largest absolute Gasteiger partial charge is 0.348 e. The summed E-state index contributed by atoms with van der Waals surface area (Å²) in [7, 11) is 0. The van der Waals surface area contributed by atoms with Gasteiger partial charge in [0.05, 0.1) is 0 Å². The van der Waals surface area contributed by atoms with Crippen LogP contribution in [0.25, 0.3) is 10.9 Å². The second-order valence-electron chi connectivity index (χ2n) is 3.20. The van der Waals surface area contributed by atoms with Crippen LogP contribution in [0.5, 0.6) is 0 Å². The molecule has 0 saturated carbocycles. The van der Waals surface area contributed by atoms with Crippen molar-refractivity contribution in [2.45, 2.75) is 20.0 Å². The Kier molecular flexibility index (Phi) is 2.07. The van der Waals surface area contributed by atoms with Gasteiger partial charge in [0.15, 0.2) is 0 Å². The Bertz CT molecular complexity index is 415. The number of benzene rings is 1. The maximum absolute atomic E-state index is 5.57. The number of aromatic nitrogens is 1. The molecule has 1 aromatic carbocycles. The van der Waals surface area contributed by atoms with E-state index in [-0.39, 0.29) is 0 Å². The Morgan fingerprint density at radius 3 is 2.85 bits per heavy atom. The fraction of sp³-hybridized carbons (Fsp3) is 0.273. The first-order chi connectivity index (χ1) is 6.35. The topological polar surface area (TPSA) is 30.9 Å². The van der Waals surface area contributed by atoms with Crippen LogP contribution in [0.3, 0.4) is 0 Å². The monoisotopic (exact) mass is 174 g/mol. The van der Waals surface area contributed by atoms with Crippen molar-refractivity contribution >= 4 is 10.9 Å². The molecule has 2 N–H and O–H groups in total. The molecule has 2 heteroatoms. The summed E-state index contributed by atoms with van der Waals surface area (Å²) in [4.78, 5) is 0. The van der Waals surface area contributed by atoms with Crippen LogP contribution in [0.15, 0.2) is 30.5 Å². The molecule has 2 nitrogen and oxygen atoms in total. The molecular formula is C11H14N2. The SMILES string of the molecule is CCn1ccc2cc(CN)ccc21. The van der Waals surface area contributed by atoms with E-state index in [1.807, 2.05) is 0 Å². The highest BCUT2D eigenvalue weighted by Gasteiger charge is 1.99. The van der Waals surface area contributed by atoms with Crippen LogP contribution in [0, 0.1) is 0 Å². The molecule has 0 aliphatic carbocycles. The quantitative estimate of drug-likeness (QED) is 0.742. The molecular weight excluding hydrogens is 160 g/mol. The molecule has 0 spiro atoms. The molecule has 0 aliphatic rings. The van der Waals surface area contributed by atoms with Gasteiger partial charge >= 0.3 is 0 Å².